The largest absolute Gasteiger partial charge is 0.444 e. The molecule has 1 aromatic heterocycles. The Bertz CT molecular complexity index is 612. The number of aromatic amines is 2. The van der Waals surface area contributed by atoms with Crippen LogP contribution >= 0.6 is 12.2 Å². The highest BCUT2D eigenvalue weighted by atomic mass is 32.1. The van der Waals surface area contributed by atoms with Crippen LogP contribution in [0.4, 0.5) is 4.79 Å². The number of hydrogen-bond donors (Lipinski definition) is 2. The molecule has 7 heteroatoms. The number of carbonyl (C=O) groups is 1. The van der Waals surface area contributed by atoms with Gasteiger partial charge in [-0.25, -0.2) is 4.79 Å². The molecule has 0 bridgehead atoms. The predicted molar refractivity (Wildman–Crippen MR) is 72.6 cm³/mol. The molecule has 1 aliphatic heterocycles. The topological polar surface area (TPSA) is 78.2 Å². The number of amides is 1. The summed E-state index contributed by atoms with van der Waals surface area (Å²) in [4.78, 5) is 30.7. The second-order valence-electron chi connectivity index (χ2n) is 5.52. The first-order chi connectivity index (χ1) is 8.76. The van der Waals surface area contributed by atoms with E-state index < -0.39 is 5.60 Å². The van der Waals surface area contributed by atoms with Crippen LogP contribution in [0, 0.1) is 4.77 Å². The summed E-state index contributed by atoms with van der Waals surface area (Å²) in [7, 11) is 0. The van der Waals surface area contributed by atoms with Gasteiger partial charge < -0.3 is 14.6 Å². The molecule has 0 aliphatic carbocycles. The van der Waals surface area contributed by atoms with Gasteiger partial charge in [0.15, 0.2) is 4.77 Å². The summed E-state index contributed by atoms with van der Waals surface area (Å²) in [6.07, 6.45) is 0.119. The van der Waals surface area contributed by atoms with E-state index in [1.807, 2.05) is 20.8 Å². The molecule has 104 valence electrons. The van der Waals surface area contributed by atoms with Gasteiger partial charge >= 0.3 is 6.09 Å². The van der Waals surface area contributed by atoms with Crippen LogP contribution in [0.5, 0.6) is 0 Å². The summed E-state index contributed by atoms with van der Waals surface area (Å²) in [6.45, 7) is 6.25. The van der Waals surface area contributed by atoms with Crippen molar-refractivity contribution in [1.29, 1.82) is 0 Å². The molecule has 2 rings (SSSR count). The van der Waals surface area contributed by atoms with Crippen molar-refractivity contribution >= 4 is 18.3 Å². The van der Waals surface area contributed by atoms with Crippen molar-refractivity contribution in [2.45, 2.75) is 39.3 Å². The van der Waals surface area contributed by atoms with Gasteiger partial charge in [0.1, 0.15) is 5.60 Å². The monoisotopic (exact) mass is 283 g/mol. The van der Waals surface area contributed by atoms with Crippen LogP contribution in [0.3, 0.4) is 0 Å². The lowest BCUT2D eigenvalue weighted by molar-refractivity contribution is 0.0220. The third-order valence-corrected chi connectivity index (χ3v) is 2.97. The average molecular weight is 283 g/mol. The summed E-state index contributed by atoms with van der Waals surface area (Å²) >= 11 is 4.93. The number of nitrogens with one attached hydrogen (secondary N) is 2. The Hall–Kier alpha value is -1.63. The maximum Gasteiger partial charge on any atom is 0.410 e. The van der Waals surface area contributed by atoms with Gasteiger partial charge in [0, 0.05) is 17.8 Å². The summed E-state index contributed by atoms with van der Waals surface area (Å²) in [5.41, 5.74) is 0.639. The standard InChI is InChI=1S/C12H17N3O3S/c1-12(2,3)18-11(17)15-5-4-7-8(6-15)13-10(19)14-9(7)16/h4-6H2,1-3H3,(H2,13,14,16,19). The highest BCUT2D eigenvalue weighted by Gasteiger charge is 2.27. The van der Waals surface area contributed by atoms with E-state index in [2.05, 4.69) is 9.97 Å². The van der Waals surface area contributed by atoms with Crippen molar-refractivity contribution in [3.05, 3.63) is 26.4 Å². The Labute approximate surface area is 115 Å². The molecule has 2 heterocycles. The Morgan fingerprint density at radius 3 is 2.68 bits per heavy atom. The van der Waals surface area contributed by atoms with E-state index in [0.717, 1.165) is 0 Å². The second kappa shape index (κ2) is 4.80. The van der Waals surface area contributed by atoms with Gasteiger partial charge in [-0.05, 0) is 39.4 Å². The highest BCUT2D eigenvalue weighted by molar-refractivity contribution is 7.71. The van der Waals surface area contributed by atoms with E-state index in [0.29, 0.717) is 30.8 Å². The molecule has 1 aromatic rings. The van der Waals surface area contributed by atoms with Crippen molar-refractivity contribution in [1.82, 2.24) is 14.9 Å². The highest BCUT2D eigenvalue weighted by Crippen LogP contribution is 2.17. The van der Waals surface area contributed by atoms with Crippen LogP contribution < -0.4 is 5.56 Å². The number of rotatable bonds is 0. The lowest BCUT2D eigenvalue weighted by Crippen LogP contribution is -2.41. The minimum Gasteiger partial charge on any atom is -0.444 e. The summed E-state index contributed by atoms with van der Waals surface area (Å²) < 4.78 is 5.59. The van der Waals surface area contributed by atoms with E-state index >= 15 is 0 Å². The summed E-state index contributed by atoms with van der Waals surface area (Å²) in [6, 6.07) is 0. The maximum atomic E-state index is 12.0. The fourth-order valence-corrected chi connectivity index (χ4v) is 2.17. The number of ether oxygens (including phenoxy) is 1. The first-order valence-corrected chi connectivity index (χ1v) is 6.49. The van der Waals surface area contributed by atoms with Crippen LogP contribution in [0.1, 0.15) is 32.0 Å². The number of H-pyrrole nitrogens is 2. The molecule has 0 unspecified atom stereocenters. The third kappa shape index (κ3) is 3.23. The average Bonchev–Trinajstić information content (AvgIpc) is 2.25. The predicted octanol–water partition coefficient (Wildman–Crippen LogP) is 1.73. The second-order valence-corrected chi connectivity index (χ2v) is 5.93. The van der Waals surface area contributed by atoms with Crippen molar-refractivity contribution in [2.24, 2.45) is 0 Å². The van der Waals surface area contributed by atoms with E-state index in [4.69, 9.17) is 17.0 Å². The zero-order valence-electron chi connectivity index (χ0n) is 11.2. The molecule has 0 aromatic carbocycles. The lowest BCUT2D eigenvalue weighted by Gasteiger charge is -2.30. The van der Waals surface area contributed by atoms with Gasteiger partial charge in [-0.2, -0.15) is 0 Å². The molecule has 1 aliphatic rings. The zero-order chi connectivity index (χ0) is 14.2. The lowest BCUT2D eigenvalue weighted by atomic mass is 10.1. The van der Waals surface area contributed by atoms with Crippen molar-refractivity contribution in [2.75, 3.05) is 6.54 Å². The third-order valence-electron chi connectivity index (χ3n) is 2.76. The van der Waals surface area contributed by atoms with Crippen molar-refractivity contribution < 1.29 is 9.53 Å². The first kappa shape index (κ1) is 13.8. The molecular weight excluding hydrogens is 266 g/mol. The van der Waals surface area contributed by atoms with E-state index in [1.54, 1.807) is 4.90 Å². The smallest absolute Gasteiger partial charge is 0.410 e. The van der Waals surface area contributed by atoms with Gasteiger partial charge in [-0.15, -0.1) is 0 Å². The molecule has 6 nitrogen and oxygen atoms in total. The van der Waals surface area contributed by atoms with Crippen LogP contribution in [-0.2, 0) is 17.7 Å². The molecule has 0 saturated carbocycles. The number of fused-ring (bicyclic) bond motifs is 1. The Morgan fingerprint density at radius 1 is 1.37 bits per heavy atom. The number of nitrogens with zero attached hydrogens (tertiary/aromatic N) is 1. The quantitative estimate of drug-likeness (QED) is 0.711. The number of hydrogen-bond acceptors (Lipinski definition) is 4. The zero-order valence-corrected chi connectivity index (χ0v) is 12.0. The molecule has 0 fully saturated rings. The van der Waals surface area contributed by atoms with Crippen LogP contribution in [0.25, 0.3) is 0 Å². The van der Waals surface area contributed by atoms with E-state index in [-0.39, 0.29) is 16.4 Å². The van der Waals surface area contributed by atoms with Crippen molar-refractivity contribution in [3.63, 3.8) is 0 Å². The SMILES string of the molecule is CC(C)(C)OC(=O)N1CCc2c([nH]c(=S)[nH]c2=O)C1. The van der Waals surface area contributed by atoms with Crippen LogP contribution in [-0.4, -0.2) is 33.1 Å². The van der Waals surface area contributed by atoms with Gasteiger partial charge in [0.25, 0.3) is 5.56 Å². The number of carbonyl (C=O) groups excluding carboxylic acids is 1. The maximum absolute atomic E-state index is 12.0. The Morgan fingerprint density at radius 2 is 2.05 bits per heavy atom. The summed E-state index contributed by atoms with van der Waals surface area (Å²) in [5, 5.41) is 0. The molecule has 2 N–H and O–H groups in total. The fraction of sp³-hybridized carbons (Fsp3) is 0.583. The van der Waals surface area contributed by atoms with E-state index in [1.165, 1.54) is 0 Å². The van der Waals surface area contributed by atoms with E-state index in [9.17, 15) is 9.59 Å². The molecular formula is C12H17N3O3S. The van der Waals surface area contributed by atoms with Crippen molar-refractivity contribution in [3.8, 4) is 0 Å². The number of aromatic nitrogens is 2. The van der Waals surface area contributed by atoms with Crippen LogP contribution in [0.2, 0.25) is 0 Å². The molecule has 19 heavy (non-hydrogen) atoms. The molecule has 0 radical (unpaired) electrons. The van der Waals surface area contributed by atoms with Gasteiger partial charge in [-0.1, -0.05) is 0 Å². The first-order valence-electron chi connectivity index (χ1n) is 6.08. The molecule has 0 spiro atoms. The van der Waals surface area contributed by atoms with Gasteiger partial charge in [0.05, 0.1) is 6.54 Å². The molecule has 1 amide bonds. The molecule has 0 saturated heterocycles. The van der Waals surface area contributed by atoms with Gasteiger partial charge in [0.2, 0.25) is 0 Å². The Kier molecular flexibility index (Phi) is 3.49. The minimum atomic E-state index is -0.529. The minimum absolute atomic E-state index is 0.178. The normalized spacial score (nSPS) is 15.0. The van der Waals surface area contributed by atoms with Crippen LogP contribution in [0.15, 0.2) is 4.79 Å². The van der Waals surface area contributed by atoms with Gasteiger partial charge in [-0.3, -0.25) is 9.78 Å². The Balaban J connectivity index is 2.21. The fourth-order valence-electron chi connectivity index (χ4n) is 1.96. The summed E-state index contributed by atoms with van der Waals surface area (Å²) in [5.74, 6) is 0. The molecule has 0 atom stereocenters.